The molecule has 0 saturated heterocycles. The zero-order valence-corrected chi connectivity index (χ0v) is 16.7. The molecule has 0 spiro atoms. The fourth-order valence-corrected chi connectivity index (χ4v) is 3.71. The van der Waals surface area contributed by atoms with Crippen LogP contribution in [0.3, 0.4) is 0 Å². The van der Waals surface area contributed by atoms with Gasteiger partial charge in [0.2, 0.25) is 5.91 Å². The normalized spacial score (nSPS) is 11.1. The number of carbonyl (C=O) groups excluding carboxylic acids is 1. The number of imidazole rings is 1. The highest BCUT2D eigenvalue weighted by Gasteiger charge is 2.18. The van der Waals surface area contributed by atoms with Crippen molar-refractivity contribution in [1.82, 2.24) is 18.7 Å². The SMILES string of the molecule is Cc1cccc(C)c1NC(=O)CSc1nc2c(c(=O)n(C)c(=O)n2C)n1C. The molecule has 2 aromatic heterocycles. The molecule has 3 rings (SSSR count). The molecule has 27 heavy (non-hydrogen) atoms. The van der Waals surface area contributed by atoms with Gasteiger partial charge in [0.25, 0.3) is 5.56 Å². The Kier molecular flexibility index (Phi) is 4.97. The van der Waals surface area contributed by atoms with Gasteiger partial charge in [0, 0.05) is 26.8 Å². The average Bonchev–Trinajstić information content (AvgIpc) is 2.96. The van der Waals surface area contributed by atoms with Crippen molar-refractivity contribution in [2.45, 2.75) is 19.0 Å². The lowest BCUT2D eigenvalue weighted by Gasteiger charge is -2.11. The molecule has 1 amide bonds. The number of nitrogens with zero attached hydrogens (tertiary/aromatic N) is 4. The number of para-hydroxylation sites is 1. The molecule has 9 heteroatoms. The molecular weight excluding hydrogens is 366 g/mol. The molecule has 0 aliphatic rings. The van der Waals surface area contributed by atoms with Crippen molar-refractivity contribution in [3.63, 3.8) is 0 Å². The smallest absolute Gasteiger partial charge is 0.325 e. The van der Waals surface area contributed by atoms with E-state index in [0.717, 1.165) is 21.4 Å². The maximum atomic E-state index is 12.4. The number of amides is 1. The number of aryl methyl sites for hydroxylation is 4. The van der Waals surface area contributed by atoms with Gasteiger partial charge < -0.3 is 9.88 Å². The summed E-state index contributed by atoms with van der Waals surface area (Å²) in [6.45, 7) is 3.88. The van der Waals surface area contributed by atoms with Gasteiger partial charge in [0.15, 0.2) is 16.3 Å². The summed E-state index contributed by atoms with van der Waals surface area (Å²) in [7, 11) is 4.70. The number of carbonyl (C=O) groups is 1. The van der Waals surface area contributed by atoms with E-state index in [1.807, 2.05) is 32.0 Å². The minimum absolute atomic E-state index is 0.138. The van der Waals surface area contributed by atoms with Gasteiger partial charge in [0.1, 0.15) is 0 Å². The monoisotopic (exact) mass is 387 g/mol. The summed E-state index contributed by atoms with van der Waals surface area (Å²) in [5, 5.41) is 3.43. The molecule has 1 aromatic carbocycles. The first-order valence-corrected chi connectivity index (χ1v) is 9.32. The number of hydrogen-bond acceptors (Lipinski definition) is 5. The number of thioether (sulfide) groups is 1. The van der Waals surface area contributed by atoms with Gasteiger partial charge in [-0.05, 0) is 25.0 Å². The molecule has 0 saturated carbocycles. The Hall–Kier alpha value is -2.81. The Morgan fingerprint density at radius 3 is 2.33 bits per heavy atom. The van der Waals surface area contributed by atoms with Crippen molar-refractivity contribution in [3.8, 4) is 0 Å². The fraction of sp³-hybridized carbons (Fsp3) is 0.333. The molecule has 0 atom stereocenters. The first kappa shape index (κ1) is 19.0. The van der Waals surface area contributed by atoms with Gasteiger partial charge in [-0.2, -0.15) is 0 Å². The van der Waals surface area contributed by atoms with Crippen LogP contribution in [0.2, 0.25) is 0 Å². The molecule has 3 aromatic rings. The third kappa shape index (κ3) is 3.30. The second-order valence-corrected chi connectivity index (χ2v) is 7.38. The summed E-state index contributed by atoms with van der Waals surface area (Å²) in [6.07, 6.45) is 0. The van der Waals surface area contributed by atoms with Crippen molar-refractivity contribution in [2.24, 2.45) is 21.1 Å². The Morgan fingerprint density at radius 1 is 1.07 bits per heavy atom. The van der Waals surface area contributed by atoms with Crippen LogP contribution in [-0.2, 0) is 25.9 Å². The van der Waals surface area contributed by atoms with E-state index in [-0.39, 0.29) is 11.7 Å². The first-order chi connectivity index (χ1) is 12.7. The molecular formula is C18H21N5O3S. The molecule has 1 N–H and O–H groups in total. The molecule has 0 bridgehead atoms. The number of hydrogen-bond donors (Lipinski definition) is 1. The van der Waals surface area contributed by atoms with Crippen LogP contribution in [0.1, 0.15) is 11.1 Å². The van der Waals surface area contributed by atoms with Crippen LogP contribution in [0.5, 0.6) is 0 Å². The predicted octanol–water partition coefficient (Wildman–Crippen LogP) is 1.32. The Labute approximate surface area is 159 Å². The Bertz CT molecular complexity index is 1150. The van der Waals surface area contributed by atoms with Crippen LogP contribution < -0.4 is 16.6 Å². The summed E-state index contributed by atoms with van der Waals surface area (Å²) in [6, 6.07) is 5.83. The third-order valence-electron chi connectivity index (χ3n) is 4.51. The van der Waals surface area contributed by atoms with E-state index in [1.165, 1.54) is 23.4 Å². The van der Waals surface area contributed by atoms with Crippen molar-refractivity contribution >= 4 is 34.5 Å². The van der Waals surface area contributed by atoms with E-state index in [4.69, 9.17) is 0 Å². The van der Waals surface area contributed by atoms with Gasteiger partial charge in [-0.25, -0.2) is 9.78 Å². The van der Waals surface area contributed by atoms with Crippen molar-refractivity contribution in [1.29, 1.82) is 0 Å². The van der Waals surface area contributed by atoms with Crippen LogP contribution in [-0.4, -0.2) is 30.3 Å². The van der Waals surface area contributed by atoms with Crippen LogP contribution in [0.15, 0.2) is 32.9 Å². The summed E-state index contributed by atoms with van der Waals surface area (Å²) in [5.74, 6) is -0.0228. The minimum atomic E-state index is -0.435. The quantitative estimate of drug-likeness (QED) is 0.682. The molecule has 142 valence electrons. The lowest BCUT2D eigenvalue weighted by molar-refractivity contribution is -0.113. The largest absolute Gasteiger partial charge is 0.332 e. The summed E-state index contributed by atoms with van der Waals surface area (Å²) >= 11 is 1.22. The molecule has 2 heterocycles. The first-order valence-electron chi connectivity index (χ1n) is 8.33. The van der Waals surface area contributed by atoms with E-state index < -0.39 is 11.2 Å². The van der Waals surface area contributed by atoms with Crippen LogP contribution >= 0.6 is 11.8 Å². The van der Waals surface area contributed by atoms with Gasteiger partial charge in [-0.1, -0.05) is 30.0 Å². The summed E-state index contributed by atoms with van der Waals surface area (Å²) < 4.78 is 4.00. The van der Waals surface area contributed by atoms with E-state index in [1.54, 1.807) is 18.7 Å². The predicted molar refractivity (Wildman–Crippen MR) is 106 cm³/mol. The second-order valence-electron chi connectivity index (χ2n) is 6.44. The van der Waals surface area contributed by atoms with Crippen LogP contribution in [0, 0.1) is 13.8 Å². The lowest BCUT2D eigenvalue weighted by atomic mass is 10.1. The van der Waals surface area contributed by atoms with Gasteiger partial charge >= 0.3 is 5.69 Å². The van der Waals surface area contributed by atoms with Crippen LogP contribution in [0.4, 0.5) is 5.69 Å². The van der Waals surface area contributed by atoms with Crippen molar-refractivity contribution in [3.05, 3.63) is 50.2 Å². The zero-order chi connectivity index (χ0) is 19.9. The fourth-order valence-electron chi connectivity index (χ4n) is 2.94. The average molecular weight is 387 g/mol. The van der Waals surface area contributed by atoms with Gasteiger partial charge in [0.05, 0.1) is 5.75 Å². The van der Waals surface area contributed by atoms with E-state index in [0.29, 0.717) is 16.3 Å². The molecule has 0 fully saturated rings. The molecule has 8 nitrogen and oxygen atoms in total. The lowest BCUT2D eigenvalue weighted by Crippen LogP contribution is -2.37. The summed E-state index contributed by atoms with van der Waals surface area (Å²) in [4.78, 5) is 41.2. The maximum absolute atomic E-state index is 12.4. The minimum Gasteiger partial charge on any atom is -0.325 e. The second kappa shape index (κ2) is 7.07. The highest BCUT2D eigenvalue weighted by atomic mass is 32.2. The summed E-state index contributed by atoms with van der Waals surface area (Å²) in [5.41, 5.74) is 2.60. The molecule has 0 unspecified atom stereocenters. The topological polar surface area (TPSA) is 90.9 Å². The van der Waals surface area contributed by atoms with Gasteiger partial charge in [-0.3, -0.25) is 18.7 Å². The molecule has 0 radical (unpaired) electrons. The number of rotatable bonds is 4. The third-order valence-corrected chi connectivity index (χ3v) is 5.54. The maximum Gasteiger partial charge on any atom is 0.332 e. The highest BCUT2D eigenvalue weighted by Crippen LogP contribution is 2.22. The van der Waals surface area contributed by atoms with Crippen molar-refractivity contribution < 1.29 is 4.79 Å². The van der Waals surface area contributed by atoms with E-state index in [2.05, 4.69) is 10.3 Å². The number of aromatic nitrogens is 4. The molecule has 0 aliphatic heterocycles. The number of anilines is 1. The van der Waals surface area contributed by atoms with Crippen LogP contribution in [0.25, 0.3) is 11.2 Å². The number of fused-ring (bicyclic) bond motifs is 1. The Balaban J connectivity index is 1.86. The van der Waals surface area contributed by atoms with Crippen molar-refractivity contribution in [2.75, 3.05) is 11.1 Å². The van der Waals surface area contributed by atoms with E-state index >= 15 is 0 Å². The Morgan fingerprint density at radius 2 is 1.70 bits per heavy atom. The number of nitrogens with one attached hydrogen (secondary N) is 1. The zero-order valence-electron chi connectivity index (χ0n) is 15.9. The molecule has 0 aliphatic carbocycles. The standard InChI is InChI=1S/C18H21N5O3S/c1-10-7-6-8-11(2)13(10)19-12(24)9-27-17-20-15-14(21(17)3)16(25)23(5)18(26)22(15)4/h6-8H,9H2,1-5H3,(H,19,24). The number of benzene rings is 1. The van der Waals surface area contributed by atoms with Gasteiger partial charge in [-0.15, -0.1) is 0 Å². The van der Waals surface area contributed by atoms with E-state index in [9.17, 15) is 14.4 Å². The highest BCUT2D eigenvalue weighted by molar-refractivity contribution is 7.99.